The Hall–Kier alpha value is -1.17. The van der Waals surface area contributed by atoms with Crippen molar-refractivity contribution in [2.45, 2.75) is 32.2 Å². The fourth-order valence-corrected chi connectivity index (χ4v) is 5.10. The summed E-state index contributed by atoms with van der Waals surface area (Å²) in [5.74, 6) is 0.690. The molecule has 6 heteroatoms. The first-order valence-electron chi connectivity index (χ1n) is 8.21. The molecule has 2 aliphatic rings. The minimum Gasteiger partial charge on any atom is -0.349 e. The Morgan fingerprint density at radius 3 is 3.30 bits per heavy atom. The molecule has 1 amide bonds. The van der Waals surface area contributed by atoms with Gasteiger partial charge >= 0.3 is 0 Å². The average molecular weight is 350 g/mol. The maximum atomic E-state index is 12.8. The quantitative estimate of drug-likeness (QED) is 0.893. The number of hydrogen-bond acceptors (Lipinski definition) is 4. The van der Waals surface area contributed by atoms with Gasteiger partial charge in [-0.3, -0.25) is 4.79 Å². The Bertz CT molecular complexity index is 747. The average Bonchev–Trinajstić information content (AvgIpc) is 3.16. The van der Waals surface area contributed by atoms with Gasteiger partial charge in [-0.15, -0.1) is 11.3 Å². The molecule has 2 aromatic rings. The summed E-state index contributed by atoms with van der Waals surface area (Å²) in [6.07, 6.45) is 4.58. The number of amides is 1. The SMILES string of the molecule is O=C(NCc1nc2cc(Cl)ccc2s1)[C@@]12CCCC[C@H]1CNC2. The van der Waals surface area contributed by atoms with E-state index in [0.29, 0.717) is 17.5 Å². The number of fused-ring (bicyclic) bond motifs is 2. The number of aromatic nitrogens is 1. The summed E-state index contributed by atoms with van der Waals surface area (Å²) >= 11 is 7.62. The van der Waals surface area contributed by atoms with Gasteiger partial charge in [-0.2, -0.15) is 0 Å². The Kier molecular flexibility index (Phi) is 4.03. The maximum absolute atomic E-state index is 12.8. The van der Waals surface area contributed by atoms with Crippen LogP contribution in [0, 0.1) is 11.3 Å². The van der Waals surface area contributed by atoms with Gasteiger partial charge in [-0.05, 0) is 43.5 Å². The molecule has 1 aliphatic carbocycles. The Morgan fingerprint density at radius 1 is 1.48 bits per heavy atom. The molecule has 2 fully saturated rings. The second kappa shape index (κ2) is 6.04. The molecule has 122 valence electrons. The number of carbonyl (C=O) groups excluding carboxylic acids is 1. The number of rotatable bonds is 3. The van der Waals surface area contributed by atoms with Crippen molar-refractivity contribution in [3.63, 3.8) is 0 Å². The second-order valence-electron chi connectivity index (χ2n) is 6.63. The van der Waals surface area contributed by atoms with Gasteiger partial charge in [0.1, 0.15) is 5.01 Å². The molecular weight excluding hydrogens is 330 g/mol. The summed E-state index contributed by atoms with van der Waals surface area (Å²) in [5, 5.41) is 8.20. The van der Waals surface area contributed by atoms with Crippen molar-refractivity contribution in [1.82, 2.24) is 15.6 Å². The molecular formula is C17H20ClN3OS. The molecule has 2 atom stereocenters. The summed E-state index contributed by atoms with van der Waals surface area (Å²) in [5.41, 5.74) is 0.709. The number of carbonyl (C=O) groups is 1. The van der Waals surface area contributed by atoms with Crippen LogP contribution in [0.15, 0.2) is 18.2 Å². The third kappa shape index (κ3) is 2.75. The maximum Gasteiger partial charge on any atom is 0.228 e. The standard InChI is InChI=1S/C17H20ClN3OS/c18-12-4-5-14-13(7-12)21-15(23-14)9-20-16(22)17-6-2-1-3-11(17)8-19-10-17/h4-5,7,11,19H,1-3,6,8-10H2,(H,20,22)/t11-,17+/m0/s1. The van der Waals surface area contributed by atoms with Crippen LogP contribution in [-0.2, 0) is 11.3 Å². The summed E-state index contributed by atoms with van der Waals surface area (Å²) in [7, 11) is 0. The van der Waals surface area contributed by atoms with E-state index in [9.17, 15) is 4.79 Å². The van der Waals surface area contributed by atoms with Crippen LogP contribution >= 0.6 is 22.9 Å². The van der Waals surface area contributed by atoms with Crippen molar-refractivity contribution < 1.29 is 4.79 Å². The van der Waals surface area contributed by atoms with Crippen LogP contribution in [-0.4, -0.2) is 24.0 Å². The molecule has 1 aromatic carbocycles. The Balaban J connectivity index is 1.48. The van der Waals surface area contributed by atoms with E-state index in [1.807, 2.05) is 18.2 Å². The largest absolute Gasteiger partial charge is 0.349 e. The lowest BCUT2D eigenvalue weighted by molar-refractivity contribution is -0.134. The number of benzene rings is 1. The fourth-order valence-electron chi connectivity index (χ4n) is 4.05. The normalized spacial score (nSPS) is 27.1. The molecule has 1 saturated heterocycles. The van der Waals surface area contributed by atoms with Crippen LogP contribution in [0.1, 0.15) is 30.7 Å². The van der Waals surface area contributed by atoms with Gasteiger partial charge in [0, 0.05) is 11.6 Å². The van der Waals surface area contributed by atoms with Crippen molar-refractivity contribution in [1.29, 1.82) is 0 Å². The molecule has 1 aliphatic heterocycles. The predicted molar refractivity (Wildman–Crippen MR) is 93.7 cm³/mol. The number of halogens is 1. The predicted octanol–water partition coefficient (Wildman–Crippen LogP) is 3.35. The summed E-state index contributed by atoms with van der Waals surface area (Å²) in [6, 6.07) is 5.73. The van der Waals surface area contributed by atoms with Gasteiger partial charge in [0.25, 0.3) is 0 Å². The zero-order valence-corrected chi connectivity index (χ0v) is 14.5. The van der Waals surface area contributed by atoms with Crippen LogP contribution in [0.2, 0.25) is 5.02 Å². The molecule has 23 heavy (non-hydrogen) atoms. The van der Waals surface area contributed by atoms with Gasteiger partial charge in [-0.1, -0.05) is 24.4 Å². The fraction of sp³-hybridized carbons (Fsp3) is 0.529. The summed E-state index contributed by atoms with van der Waals surface area (Å²) < 4.78 is 1.11. The molecule has 0 bridgehead atoms. The van der Waals surface area contributed by atoms with Crippen molar-refractivity contribution in [2.24, 2.45) is 11.3 Å². The molecule has 4 nitrogen and oxygen atoms in total. The molecule has 4 rings (SSSR count). The molecule has 0 spiro atoms. The number of nitrogens with zero attached hydrogens (tertiary/aromatic N) is 1. The van der Waals surface area contributed by atoms with E-state index in [4.69, 9.17) is 11.6 Å². The van der Waals surface area contributed by atoms with E-state index in [2.05, 4.69) is 15.6 Å². The van der Waals surface area contributed by atoms with Gasteiger partial charge < -0.3 is 10.6 Å². The lowest BCUT2D eigenvalue weighted by Gasteiger charge is -2.37. The monoisotopic (exact) mass is 349 g/mol. The molecule has 2 N–H and O–H groups in total. The Labute approximate surface area is 144 Å². The van der Waals surface area contributed by atoms with Gasteiger partial charge in [-0.25, -0.2) is 4.98 Å². The first-order chi connectivity index (χ1) is 11.2. The van der Waals surface area contributed by atoms with Crippen LogP contribution in [0.4, 0.5) is 0 Å². The minimum atomic E-state index is -0.196. The molecule has 0 unspecified atom stereocenters. The van der Waals surface area contributed by atoms with Crippen LogP contribution in [0.5, 0.6) is 0 Å². The summed E-state index contributed by atoms with van der Waals surface area (Å²) in [4.78, 5) is 17.4. The van der Waals surface area contributed by atoms with Gasteiger partial charge in [0.05, 0.1) is 22.2 Å². The third-order valence-corrected chi connectivity index (χ3v) is 6.56. The second-order valence-corrected chi connectivity index (χ2v) is 8.18. The zero-order valence-electron chi connectivity index (χ0n) is 12.9. The summed E-state index contributed by atoms with van der Waals surface area (Å²) in [6.45, 7) is 2.30. The van der Waals surface area contributed by atoms with Crippen molar-refractivity contribution >= 4 is 39.1 Å². The lowest BCUT2D eigenvalue weighted by Crippen LogP contribution is -2.47. The van der Waals surface area contributed by atoms with E-state index in [1.54, 1.807) is 11.3 Å². The molecule has 1 saturated carbocycles. The first-order valence-corrected chi connectivity index (χ1v) is 9.41. The van der Waals surface area contributed by atoms with Crippen LogP contribution in [0.3, 0.4) is 0 Å². The first kappa shape index (κ1) is 15.4. The molecule has 2 heterocycles. The van der Waals surface area contributed by atoms with Crippen LogP contribution in [0.25, 0.3) is 10.2 Å². The van der Waals surface area contributed by atoms with Gasteiger partial charge in [0.15, 0.2) is 0 Å². The highest BCUT2D eigenvalue weighted by molar-refractivity contribution is 7.18. The van der Waals surface area contributed by atoms with E-state index >= 15 is 0 Å². The molecule has 1 aromatic heterocycles. The van der Waals surface area contributed by atoms with Crippen molar-refractivity contribution in [3.05, 3.63) is 28.2 Å². The number of nitrogens with one attached hydrogen (secondary N) is 2. The highest BCUT2D eigenvalue weighted by Gasteiger charge is 2.49. The number of thiazole rings is 1. The van der Waals surface area contributed by atoms with Gasteiger partial charge in [0.2, 0.25) is 5.91 Å². The van der Waals surface area contributed by atoms with Crippen molar-refractivity contribution in [2.75, 3.05) is 13.1 Å². The highest BCUT2D eigenvalue weighted by Crippen LogP contribution is 2.44. The minimum absolute atomic E-state index is 0.196. The van der Waals surface area contributed by atoms with Crippen molar-refractivity contribution in [3.8, 4) is 0 Å². The zero-order chi connectivity index (χ0) is 15.9. The Morgan fingerprint density at radius 2 is 2.39 bits per heavy atom. The highest BCUT2D eigenvalue weighted by atomic mass is 35.5. The molecule has 0 radical (unpaired) electrons. The third-order valence-electron chi connectivity index (χ3n) is 5.28. The van der Waals surface area contributed by atoms with Crippen LogP contribution < -0.4 is 10.6 Å². The number of hydrogen-bond donors (Lipinski definition) is 2. The topological polar surface area (TPSA) is 54.0 Å². The van der Waals surface area contributed by atoms with E-state index in [-0.39, 0.29) is 11.3 Å². The van der Waals surface area contributed by atoms with E-state index in [1.165, 1.54) is 12.8 Å². The smallest absolute Gasteiger partial charge is 0.228 e. The van der Waals surface area contributed by atoms with E-state index in [0.717, 1.165) is 41.2 Å². The van der Waals surface area contributed by atoms with E-state index < -0.39 is 0 Å². The lowest BCUT2D eigenvalue weighted by atomic mass is 9.67.